The second kappa shape index (κ2) is 5.89. The van der Waals surface area contributed by atoms with Gasteiger partial charge in [0.05, 0.1) is 6.04 Å². The third-order valence-electron chi connectivity index (χ3n) is 6.27. The number of carbonyl (C=O) groups is 2. The molecule has 1 atom stereocenters. The number of hydrogen-bond donors (Lipinski definition) is 1. The van der Waals surface area contributed by atoms with Crippen molar-refractivity contribution in [1.29, 1.82) is 0 Å². The van der Waals surface area contributed by atoms with Crippen molar-refractivity contribution in [3.8, 4) is 5.75 Å². The standard InChI is InChI=1S/C18H21ClN4O4/c19-13-8-12-14(15(20-13)23-5-1-2-18(23)3-4-18)16(24)22-7-6-21(17(25)26)9-11(22)10-27-12/h8,11H,1-7,9-10H2,(H,25,26)/t11-/m1/s1. The quantitative estimate of drug-likeness (QED) is 0.736. The molecule has 9 heteroatoms. The average molecular weight is 393 g/mol. The number of piperazine rings is 1. The van der Waals surface area contributed by atoms with Crippen molar-refractivity contribution >= 4 is 29.4 Å². The van der Waals surface area contributed by atoms with Gasteiger partial charge < -0.3 is 24.5 Å². The molecule has 2 amide bonds. The summed E-state index contributed by atoms with van der Waals surface area (Å²) < 4.78 is 5.95. The zero-order chi connectivity index (χ0) is 18.8. The summed E-state index contributed by atoms with van der Waals surface area (Å²) >= 11 is 6.26. The lowest BCUT2D eigenvalue weighted by molar-refractivity contribution is 0.0390. The molecule has 1 N–H and O–H groups in total. The molecule has 3 aliphatic heterocycles. The fourth-order valence-electron chi connectivity index (χ4n) is 4.69. The third-order valence-corrected chi connectivity index (χ3v) is 6.47. The van der Waals surface area contributed by atoms with Gasteiger partial charge in [0, 0.05) is 37.8 Å². The van der Waals surface area contributed by atoms with E-state index in [1.807, 2.05) is 0 Å². The maximum absolute atomic E-state index is 13.4. The van der Waals surface area contributed by atoms with Gasteiger partial charge in [0.1, 0.15) is 28.9 Å². The molecule has 0 bridgehead atoms. The monoisotopic (exact) mass is 392 g/mol. The van der Waals surface area contributed by atoms with Crippen LogP contribution in [-0.2, 0) is 0 Å². The molecule has 144 valence electrons. The number of nitrogens with zero attached hydrogens (tertiary/aromatic N) is 4. The molecule has 5 rings (SSSR count). The minimum atomic E-state index is -0.970. The van der Waals surface area contributed by atoms with Crippen LogP contribution < -0.4 is 9.64 Å². The maximum atomic E-state index is 13.4. The number of amides is 2. The van der Waals surface area contributed by atoms with Gasteiger partial charge in [-0.1, -0.05) is 11.6 Å². The summed E-state index contributed by atoms with van der Waals surface area (Å²) in [6.07, 6.45) is 3.46. The Hall–Kier alpha value is -2.22. The van der Waals surface area contributed by atoms with Crippen LogP contribution in [-0.4, -0.2) is 76.3 Å². The van der Waals surface area contributed by atoms with Crippen molar-refractivity contribution in [3.05, 3.63) is 16.8 Å². The van der Waals surface area contributed by atoms with E-state index >= 15 is 0 Å². The average Bonchev–Trinajstić information content (AvgIpc) is 3.32. The van der Waals surface area contributed by atoms with Crippen LogP contribution in [0.4, 0.5) is 10.6 Å². The smallest absolute Gasteiger partial charge is 0.407 e. The molecule has 1 saturated carbocycles. The molecular weight excluding hydrogens is 372 g/mol. The van der Waals surface area contributed by atoms with Crippen molar-refractivity contribution in [2.45, 2.75) is 37.3 Å². The van der Waals surface area contributed by atoms with Crippen molar-refractivity contribution in [1.82, 2.24) is 14.8 Å². The van der Waals surface area contributed by atoms with Crippen LogP contribution >= 0.6 is 11.6 Å². The molecule has 4 aliphatic rings. The predicted octanol–water partition coefficient (Wildman–Crippen LogP) is 2.06. The van der Waals surface area contributed by atoms with Crippen LogP contribution in [0.5, 0.6) is 5.75 Å². The van der Waals surface area contributed by atoms with Gasteiger partial charge in [-0.05, 0) is 25.7 Å². The lowest BCUT2D eigenvalue weighted by Gasteiger charge is -2.38. The predicted molar refractivity (Wildman–Crippen MR) is 97.7 cm³/mol. The summed E-state index contributed by atoms with van der Waals surface area (Å²) in [7, 11) is 0. The Morgan fingerprint density at radius 1 is 1.30 bits per heavy atom. The second-order valence-electron chi connectivity index (χ2n) is 7.81. The molecule has 27 heavy (non-hydrogen) atoms. The Bertz CT molecular complexity index is 828. The summed E-state index contributed by atoms with van der Waals surface area (Å²) in [5, 5.41) is 9.59. The summed E-state index contributed by atoms with van der Waals surface area (Å²) in [6, 6.07) is 1.29. The molecule has 0 radical (unpaired) electrons. The fraction of sp³-hybridized carbons (Fsp3) is 0.611. The number of carbonyl (C=O) groups excluding carboxylic acids is 1. The normalized spacial score (nSPS) is 25.7. The number of fused-ring (bicyclic) bond motifs is 2. The number of hydrogen-bond acceptors (Lipinski definition) is 5. The van der Waals surface area contributed by atoms with Crippen molar-refractivity contribution in [2.75, 3.05) is 37.7 Å². The van der Waals surface area contributed by atoms with Crippen LogP contribution in [0, 0.1) is 0 Å². The number of rotatable bonds is 1. The van der Waals surface area contributed by atoms with Crippen LogP contribution in [0.25, 0.3) is 0 Å². The number of anilines is 1. The number of halogens is 1. The van der Waals surface area contributed by atoms with Crippen molar-refractivity contribution in [2.24, 2.45) is 0 Å². The molecule has 8 nitrogen and oxygen atoms in total. The minimum Gasteiger partial charge on any atom is -0.490 e. The van der Waals surface area contributed by atoms with E-state index in [-0.39, 0.29) is 30.6 Å². The largest absolute Gasteiger partial charge is 0.490 e. The first-order valence-electron chi connectivity index (χ1n) is 9.38. The molecule has 3 fully saturated rings. The van der Waals surface area contributed by atoms with E-state index in [4.69, 9.17) is 16.3 Å². The van der Waals surface area contributed by atoms with Gasteiger partial charge in [0.2, 0.25) is 0 Å². The van der Waals surface area contributed by atoms with Crippen LogP contribution in [0.2, 0.25) is 5.15 Å². The summed E-state index contributed by atoms with van der Waals surface area (Å²) in [4.78, 5) is 34.6. The lowest BCUT2D eigenvalue weighted by atomic mass is 10.1. The van der Waals surface area contributed by atoms with E-state index in [1.165, 1.54) is 4.90 Å². The Kier molecular flexibility index (Phi) is 3.69. The molecule has 0 aromatic carbocycles. The Morgan fingerprint density at radius 2 is 2.11 bits per heavy atom. The van der Waals surface area contributed by atoms with E-state index in [2.05, 4.69) is 9.88 Å². The van der Waals surface area contributed by atoms with E-state index < -0.39 is 6.09 Å². The zero-order valence-electron chi connectivity index (χ0n) is 14.9. The first-order valence-corrected chi connectivity index (χ1v) is 9.76. The lowest BCUT2D eigenvalue weighted by Crippen LogP contribution is -2.57. The number of pyridine rings is 1. The molecule has 0 unspecified atom stereocenters. The Labute approximate surface area is 161 Å². The van der Waals surface area contributed by atoms with Crippen LogP contribution in [0.15, 0.2) is 6.07 Å². The van der Waals surface area contributed by atoms with Gasteiger partial charge in [0.15, 0.2) is 0 Å². The number of ether oxygens (including phenoxy) is 1. The molecular formula is C18H21ClN4O4. The van der Waals surface area contributed by atoms with Gasteiger partial charge in [0.25, 0.3) is 5.91 Å². The maximum Gasteiger partial charge on any atom is 0.407 e. The minimum absolute atomic E-state index is 0.124. The molecule has 4 heterocycles. The fourth-order valence-corrected chi connectivity index (χ4v) is 4.87. The van der Waals surface area contributed by atoms with Crippen molar-refractivity contribution < 1.29 is 19.4 Å². The zero-order valence-corrected chi connectivity index (χ0v) is 15.6. The van der Waals surface area contributed by atoms with E-state index in [9.17, 15) is 14.7 Å². The number of aromatic nitrogens is 1. The second-order valence-corrected chi connectivity index (χ2v) is 8.20. The van der Waals surface area contributed by atoms with Gasteiger partial charge >= 0.3 is 6.09 Å². The van der Waals surface area contributed by atoms with Gasteiger partial charge in [-0.2, -0.15) is 0 Å². The highest BCUT2D eigenvalue weighted by Gasteiger charge is 2.53. The highest BCUT2D eigenvalue weighted by molar-refractivity contribution is 6.30. The first kappa shape index (κ1) is 16.9. The van der Waals surface area contributed by atoms with E-state index in [0.717, 1.165) is 32.2 Å². The molecule has 1 aromatic heterocycles. The van der Waals surface area contributed by atoms with Crippen LogP contribution in [0.1, 0.15) is 36.0 Å². The third kappa shape index (κ3) is 2.61. The Morgan fingerprint density at radius 3 is 2.85 bits per heavy atom. The highest BCUT2D eigenvalue weighted by atomic mass is 35.5. The molecule has 2 saturated heterocycles. The van der Waals surface area contributed by atoms with Gasteiger partial charge in [-0.3, -0.25) is 4.79 Å². The summed E-state index contributed by atoms with van der Waals surface area (Å²) in [5.41, 5.74) is 0.596. The molecule has 1 aromatic rings. The van der Waals surface area contributed by atoms with Crippen molar-refractivity contribution in [3.63, 3.8) is 0 Å². The van der Waals surface area contributed by atoms with Gasteiger partial charge in [-0.25, -0.2) is 9.78 Å². The van der Waals surface area contributed by atoms with Crippen LogP contribution in [0.3, 0.4) is 0 Å². The summed E-state index contributed by atoms with van der Waals surface area (Å²) in [5.74, 6) is 0.937. The van der Waals surface area contributed by atoms with E-state index in [1.54, 1.807) is 11.0 Å². The highest BCUT2D eigenvalue weighted by Crippen LogP contribution is 2.52. The molecule has 1 aliphatic carbocycles. The Balaban J connectivity index is 1.54. The SMILES string of the molecule is O=C(O)N1CCN2C(=O)c3c(cc(Cl)nc3N3CCCC34CC4)OC[C@H]2C1. The topological polar surface area (TPSA) is 86.2 Å². The number of carboxylic acid groups (broad SMARTS) is 1. The first-order chi connectivity index (χ1) is 13.0. The summed E-state index contributed by atoms with van der Waals surface area (Å²) in [6.45, 7) is 2.01. The van der Waals surface area contributed by atoms with E-state index in [0.29, 0.717) is 35.4 Å². The van der Waals surface area contributed by atoms with Gasteiger partial charge in [-0.15, -0.1) is 0 Å². The molecule has 1 spiro atoms.